The molecule has 0 fully saturated rings. The third-order valence-corrected chi connectivity index (χ3v) is 4.76. The largest absolute Gasteiger partial charge is 0.240 e. The molecule has 0 aliphatic carbocycles. The highest BCUT2D eigenvalue weighted by Gasteiger charge is 2.12. The molecule has 0 amide bonds. The second-order valence-corrected chi connectivity index (χ2v) is 6.89. The molecular weight excluding hydrogens is 266 g/mol. The number of benzene rings is 1. The van der Waals surface area contributed by atoms with Crippen LogP contribution in [-0.4, -0.2) is 27.0 Å². The average molecular weight is 287 g/mol. The maximum atomic E-state index is 11.9. The molecule has 0 heterocycles. The molecule has 5 heteroatoms. The van der Waals surface area contributed by atoms with Crippen LogP contribution in [0.4, 0.5) is 0 Å². The van der Waals surface area contributed by atoms with Gasteiger partial charge in [-0.25, -0.2) is 13.1 Å². The summed E-state index contributed by atoms with van der Waals surface area (Å²) in [6.45, 7) is 2.61. The summed E-state index contributed by atoms with van der Waals surface area (Å²) in [5.74, 6) is 0.970. The lowest BCUT2D eigenvalue weighted by atomic mass is 10.1. The van der Waals surface area contributed by atoms with Gasteiger partial charge in [-0.05, 0) is 42.5 Å². The Morgan fingerprint density at radius 2 is 1.89 bits per heavy atom. The molecule has 0 atom stereocenters. The minimum absolute atomic E-state index is 0.353. The summed E-state index contributed by atoms with van der Waals surface area (Å²) < 4.78 is 26.5. The Morgan fingerprint density at radius 1 is 1.22 bits per heavy atom. The Kier molecular flexibility index (Phi) is 6.75. The molecule has 0 aliphatic heterocycles. The van der Waals surface area contributed by atoms with Gasteiger partial charge in [0.25, 0.3) is 0 Å². The van der Waals surface area contributed by atoms with Gasteiger partial charge in [0.2, 0.25) is 10.0 Å². The third kappa shape index (κ3) is 5.00. The van der Waals surface area contributed by atoms with E-state index >= 15 is 0 Å². The van der Waals surface area contributed by atoms with E-state index in [0.717, 1.165) is 25.0 Å². The van der Waals surface area contributed by atoms with Crippen molar-refractivity contribution in [3.8, 4) is 0 Å². The number of nitrogens with one attached hydrogen (secondary N) is 1. The van der Waals surface area contributed by atoms with Crippen LogP contribution in [0.15, 0.2) is 29.2 Å². The van der Waals surface area contributed by atoms with Crippen LogP contribution in [0.1, 0.15) is 25.3 Å². The highest BCUT2D eigenvalue weighted by Crippen LogP contribution is 2.11. The highest BCUT2D eigenvalue weighted by molar-refractivity contribution is 7.98. The quantitative estimate of drug-likeness (QED) is 0.748. The number of aryl methyl sites for hydroxylation is 1. The number of hydrogen-bond acceptors (Lipinski definition) is 3. The van der Waals surface area contributed by atoms with Gasteiger partial charge < -0.3 is 0 Å². The van der Waals surface area contributed by atoms with Crippen LogP contribution in [0.5, 0.6) is 0 Å². The van der Waals surface area contributed by atoms with Crippen molar-refractivity contribution in [1.29, 1.82) is 0 Å². The van der Waals surface area contributed by atoms with Gasteiger partial charge in [-0.1, -0.05) is 25.5 Å². The van der Waals surface area contributed by atoms with Crippen molar-refractivity contribution >= 4 is 21.8 Å². The standard InChI is InChI=1S/C13H21NO2S2/c1-3-5-12-6-8-13(9-7-12)18(15,16)14-10-4-11-17-2/h6-9,14H,3-5,10-11H2,1-2H3. The number of hydrogen-bond donors (Lipinski definition) is 1. The number of rotatable bonds is 8. The molecule has 1 N–H and O–H groups in total. The van der Waals surface area contributed by atoms with Gasteiger partial charge in [0.15, 0.2) is 0 Å². The zero-order valence-corrected chi connectivity index (χ0v) is 12.6. The summed E-state index contributed by atoms with van der Waals surface area (Å²) >= 11 is 1.72. The van der Waals surface area contributed by atoms with E-state index in [-0.39, 0.29) is 0 Å². The molecule has 0 saturated heterocycles. The van der Waals surface area contributed by atoms with E-state index in [0.29, 0.717) is 11.4 Å². The third-order valence-electron chi connectivity index (χ3n) is 2.59. The van der Waals surface area contributed by atoms with Crippen molar-refractivity contribution in [3.05, 3.63) is 29.8 Å². The Balaban J connectivity index is 2.61. The van der Waals surface area contributed by atoms with Crippen LogP contribution < -0.4 is 4.72 Å². The second kappa shape index (κ2) is 7.81. The molecule has 0 radical (unpaired) electrons. The van der Waals surface area contributed by atoms with Crippen molar-refractivity contribution in [2.45, 2.75) is 31.1 Å². The predicted molar refractivity (Wildman–Crippen MR) is 78.6 cm³/mol. The first-order chi connectivity index (χ1) is 8.60. The molecule has 0 aromatic heterocycles. The highest BCUT2D eigenvalue weighted by atomic mass is 32.2. The van der Waals surface area contributed by atoms with Crippen LogP contribution in [0.2, 0.25) is 0 Å². The Labute approximate surface area is 114 Å². The first kappa shape index (κ1) is 15.5. The number of thioether (sulfide) groups is 1. The second-order valence-electron chi connectivity index (χ2n) is 4.14. The van der Waals surface area contributed by atoms with Gasteiger partial charge in [-0.3, -0.25) is 0 Å². The van der Waals surface area contributed by atoms with Crippen molar-refractivity contribution in [3.63, 3.8) is 0 Å². The van der Waals surface area contributed by atoms with E-state index in [1.165, 1.54) is 5.56 Å². The van der Waals surface area contributed by atoms with E-state index in [9.17, 15) is 8.42 Å². The monoisotopic (exact) mass is 287 g/mol. The molecule has 3 nitrogen and oxygen atoms in total. The molecule has 1 rings (SSSR count). The summed E-state index contributed by atoms with van der Waals surface area (Å²) in [5.41, 5.74) is 1.18. The smallest absolute Gasteiger partial charge is 0.211 e. The van der Waals surface area contributed by atoms with Crippen molar-refractivity contribution in [1.82, 2.24) is 4.72 Å². The van der Waals surface area contributed by atoms with Gasteiger partial charge >= 0.3 is 0 Å². The number of sulfonamides is 1. The minimum atomic E-state index is -3.33. The van der Waals surface area contributed by atoms with E-state index in [4.69, 9.17) is 0 Å². The van der Waals surface area contributed by atoms with Crippen LogP contribution in [0.3, 0.4) is 0 Å². The Morgan fingerprint density at radius 3 is 2.44 bits per heavy atom. The fourth-order valence-corrected chi connectivity index (χ4v) is 3.14. The van der Waals surface area contributed by atoms with Crippen LogP contribution in [0.25, 0.3) is 0 Å². The molecule has 0 aliphatic rings. The molecule has 0 bridgehead atoms. The normalized spacial score (nSPS) is 11.7. The predicted octanol–water partition coefficient (Wildman–Crippen LogP) is 2.67. The molecule has 18 heavy (non-hydrogen) atoms. The maximum Gasteiger partial charge on any atom is 0.240 e. The van der Waals surface area contributed by atoms with Gasteiger partial charge in [-0.15, -0.1) is 0 Å². The Hall–Kier alpha value is -0.520. The van der Waals surface area contributed by atoms with Crippen LogP contribution >= 0.6 is 11.8 Å². The summed E-state index contributed by atoms with van der Waals surface area (Å²) in [6, 6.07) is 7.14. The molecule has 1 aromatic carbocycles. The fraction of sp³-hybridized carbons (Fsp3) is 0.538. The van der Waals surface area contributed by atoms with Gasteiger partial charge in [0.1, 0.15) is 0 Å². The first-order valence-corrected chi connectivity index (χ1v) is 9.05. The molecular formula is C13H21NO2S2. The van der Waals surface area contributed by atoms with E-state index < -0.39 is 10.0 Å². The summed E-state index contributed by atoms with van der Waals surface area (Å²) in [7, 11) is -3.33. The topological polar surface area (TPSA) is 46.2 Å². The molecule has 102 valence electrons. The van der Waals surface area contributed by atoms with Gasteiger partial charge in [0, 0.05) is 6.54 Å². The van der Waals surface area contributed by atoms with Crippen molar-refractivity contribution in [2.24, 2.45) is 0 Å². The van der Waals surface area contributed by atoms with E-state index in [2.05, 4.69) is 11.6 Å². The molecule has 0 saturated carbocycles. The lowest BCUT2D eigenvalue weighted by Gasteiger charge is -2.07. The van der Waals surface area contributed by atoms with Crippen LogP contribution in [0, 0.1) is 0 Å². The maximum absolute atomic E-state index is 11.9. The summed E-state index contributed by atoms with van der Waals surface area (Å²) in [4.78, 5) is 0.353. The van der Waals surface area contributed by atoms with Crippen LogP contribution in [-0.2, 0) is 16.4 Å². The summed E-state index contributed by atoms with van der Waals surface area (Å²) in [6.07, 6.45) is 4.93. The fourth-order valence-electron chi connectivity index (χ4n) is 1.63. The molecule has 0 spiro atoms. The lowest BCUT2D eigenvalue weighted by Crippen LogP contribution is -2.25. The molecule has 1 aromatic rings. The van der Waals surface area contributed by atoms with Gasteiger partial charge in [-0.2, -0.15) is 11.8 Å². The summed E-state index contributed by atoms with van der Waals surface area (Å²) in [5, 5.41) is 0. The molecule has 0 unspecified atom stereocenters. The first-order valence-electron chi connectivity index (χ1n) is 6.17. The van der Waals surface area contributed by atoms with Gasteiger partial charge in [0.05, 0.1) is 4.90 Å². The van der Waals surface area contributed by atoms with E-state index in [1.54, 1.807) is 23.9 Å². The van der Waals surface area contributed by atoms with Crippen molar-refractivity contribution < 1.29 is 8.42 Å². The van der Waals surface area contributed by atoms with Crippen molar-refractivity contribution in [2.75, 3.05) is 18.6 Å². The van der Waals surface area contributed by atoms with E-state index in [1.807, 2.05) is 18.4 Å². The zero-order valence-electron chi connectivity index (χ0n) is 11.0. The SMILES string of the molecule is CCCc1ccc(S(=O)(=O)NCCCSC)cc1. The lowest BCUT2D eigenvalue weighted by molar-refractivity contribution is 0.581. The zero-order chi connectivity index (χ0) is 13.4. The average Bonchev–Trinajstić information content (AvgIpc) is 2.36. The minimum Gasteiger partial charge on any atom is -0.211 e. The Bertz CT molecular complexity index is 441.